The summed E-state index contributed by atoms with van der Waals surface area (Å²) < 4.78 is 66.3. The molecule has 14 heteroatoms. The van der Waals surface area contributed by atoms with Crippen LogP contribution < -0.4 is 16.0 Å². The first-order valence-corrected chi connectivity index (χ1v) is 11.7. The number of halogens is 2. The van der Waals surface area contributed by atoms with Gasteiger partial charge in [-0.25, -0.2) is 17.2 Å². The third kappa shape index (κ3) is 3.68. The van der Waals surface area contributed by atoms with Crippen molar-refractivity contribution in [3.8, 4) is 16.8 Å². The summed E-state index contributed by atoms with van der Waals surface area (Å²) in [5.41, 5.74) is 5.68. The highest BCUT2D eigenvalue weighted by Crippen LogP contribution is 2.27. The minimum Gasteiger partial charge on any atom is -0.380 e. The fourth-order valence-corrected chi connectivity index (χ4v) is 5.09. The van der Waals surface area contributed by atoms with Crippen molar-refractivity contribution in [3.63, 3.8) is 0 Å². The second-order valence-corrected chi connectivity index (χ2v) is 9.43. The van der Waals surface area contributed by atoms with Crippen molar-refractivity contribution in [3.05, 3.63) is 76.8 Å². The van der Waals surface area contributed by atoms with Crippen molar-refractivity contribution in [2.45, 2.75) is 4.90 Å². The first kappa shape index (κ1) is 21.7. The highest BCUT2D eigenvalue weighted by Gasteiger charge is 2.24. The number of nitrogen functional groups attached to an aromatic ring is 1. The Labute approximate surface area is 193 Å². The van der Waals surface area contributed by atoms with Crippen LogP contribution in [0.4, 0.5) is 19.6 Å². The van der Waals surface area contributed by atoms with E-state index in [0.29, 0.717) is 28.7 Å². The van der Waals surface area contributed by atoms with E-state index in [1.807, 2.05) is 0 Å². The van der Waals surface area contributed by atoms with Gasteiger partial charge in [-0.1, -0.05) is 15.7 Å². The fraction of sp³-hybridized carbons (Fsp3) is 0. The molecule has 5 aromatic rings. The summed E-state index contributed by atoms with van der Waals surface area (Å²) in [6.07, 6.45) is 2.37. The number of sulfonamides is 1. The number of benzene rings is 2. The maximum absolute atomic E-state index is 15.0. The summed E-state index contributed by atoms with van der Waals surface area (Å²) in [5, 5.41) is 7.65. The molecule has 10 nitrogen and oxygen atoms in total. The van der Waals surface area contributed by atoms with E-state index in [1.165, 1.54) is 18.3 Å². The van der Waals surface area contributed by atoms with Gasteiger partial charge < -0.3 is 10.3 Å². The van der Waals surface area contributed by atoms with Crippen molar-refractivity contribution < 1.29 is 21.7 Å². The Morgan fingerprint density at radius 1 is 1.12 bits per heavy atom. The van der Waals surface area contributed by atoms with Crippen LogP contribution in [0.3, 0.4) is 0 Å². The molecule has 0 bridgehead atoms. The predicted octanol–water partition coefficient (Wildman–Crippen LogP) is 3.16. The van der Waals surface area contributed by atoms with E-state index >= 15 is 0 Å². The lowest BCUT2D eigenvalue weighted by Gasteiger charge is -2.12. The van der Waals surface area contributed by atoms with Crippen molar-refractivity contribution in [1.82, 2.24) is 19.3 Å². The Kier molecular flexibility index (Phi) is 5.10. The lowest BCUT2D eigenvalue weighted by molar-refractivity contribution is 0.460. The van der Waals surface area contributed by atoms with Gasteiger partial charge >= 0.3 is 0 Å². The van der Waals surface area contributed by atoms with E-state index in [4.69, 9.17) is 10.3 Å². The van der Waals surface area contributed by atoms with E-state index in [1.54, 1.807) is 18.2 Å². The number of anilines is 2. The van der Waals surface area contributed by atoms with Crippen LogP contribution in [0.1, 0.15) is 0 Å². The van der Waals surface area contributed by atoms with Crippen LogP contribution >= 0.6 is 11.5 Å². The van der Waals surface area contributed by atoms with Crippen LogP contribution in [0.15, 0.2) is 69.1 Å². The number of aromatic nitrogens is 4. The number of fused-ring (bicyclic) bond motifs is 1. The third-order valence-corrected chi connectivity index (χ3v) is 6.99. The largest absolute Gasteiger partial charge is 0.380 e. The average Bonchev–Trinajstić information content (AvgIpc) is 3.44. The molecule has 0 aliphatic carbocycles. The quantitative estimate of drug-likeness (QED) is 0.373. The molecule has 0 aliphatic rings. The first-order valence-electron chi connectivity index (χ1n) is 9.41. The van der Waals surface area contributed by atoms with E-state index in [0.717, 1.165) is 22.3 Å². The van der Waals surface area contributed by atoms with Crippen molar-refractivity contribution in [1.29, 1.82) is 0 Å². The highest BCUT2D eigenvalue weighted by atomic mass is 32.2. The smallest absolute Gasteiger partial charge is 0.265 e. The summed E-state index contributed by atoms with van der Waals surface area (Å²) in [7, 11) is -4.46. The number of nitrogens with one attached hydrogen (secondary N) is 1. The van der Waals surface area contributed by atoms with Crippen LogP contribution in [-0.4, -0.2) is 27.7 Å². The molecule has 34 heavy (non-hydrogen) atoms. The second kappa shape index (κ2) is 8.00. The van der Waals surface area contributed by atoms with Gasteiger partial charge in [-0.15, -0.1) is 5.10 Å². The van der Waals surface area contributed by atoms with Crippen molar-refractivity contribution in [2.75, 3.05) is 10.5 Å². The van der Waals surface area contributed by atoms with Crippen LogP contribution in [0.2, 0.25) is 0 Å². The minimum atomic E-state index is -4.46. The van der Waals surface area contributed by atoms with E-state index in [9.17, 15) is 22.0 Å². The predicted molar refractivity (Wildman–Crippen MR) is 120 cm³/mol. The van der Waals surface area contributed by atoms with Gasteiger partial charge in [0.1, 0.15) is 21.5 Å². The molecule has 0 amide bonds. The Morgan fingerprint density at radius 3 is 2.71 bits per heavy atom. The lowest BCUT2D eigenvalue weighted by atomic mass is 10.1. The zero-order valence-electron chi connectivity index (χ0n) is 16.8. The van der Waals surface area contributed by atoms with E-state index in [2.05, 4.69) is 19.5 Å². The molecule has 3 N–H and O–H groups in total. The maximum Gasteiger partial charge on any atom is 0.265 e. The van der Waals surface area contributed by atoms with Crippen LogP contribution in [0, 0.1) is 11.6 Å². The highest BCUT2D eigenvalue weighted by molar-refractivity contribution is 7.93. The van der Waals surface area contributed by atoms with Gasteiger partial charge in [0.25, 0.3) is 15.6 Å². The maximum atomic E-state index is 15.0. The average molecular weight is 502 g/mol. The molecule has 0 saturated carbocycles. The van der Waals surface area contributed by atoms with Crippen LogP contribution in [0.25, 0.3) is 27.8 Å². The molecule has 0 spiro atoms. The summed E-state index contributed by atoms with van der Waals surface area (Å²) in [6.45, 7) is 0. The van der Waals surface area contributed by atoms with Crippen LogP contribution in [0.5, 0.6) is 0 Å². The van der Waals surface area contributed by atoms with E-state index < -0.39 is 37.8 Å². The number of hydrogen-bond acceptors (Lipinski definition) is 9. The lowest BCUT2D eigenvalue weighted by Crippen LogP contribution is -2.21. The molecule has 0 saturated heterocycles. The fourth-order valence-electron chi connectivity index (χ4n) is 3.34. The molecule has 172 valence electrons. The Bertz CT molecular complexity index is 1720. The molecule has 2 aromatic carbocycles. The van der Waals surface area contributed by atoms with Gasteiger partial charge in [0, 0.05) is 29.4 Å². The number of nitrogens with zero attached hydrogens (tertiary/aromatic N) is 4. The van der Waals surface area contributed by atoms with E-state index in [-0.39, 0.29) is 16.4 Å². The number of hydrogen-bond donors (Lipinski definition) is 2. The molecule has 3 aromatic heterocycles. The zero-order valence-corrected chi connectivity index (χ0v) is 18.4. The zero-order chi connectivity index (χ0) is 24.0. The number of pyridine rings is 1. The number of rotatable bonds is 5. The van der Waals surface area contributed by atoms with Crippen molar-refractivity contribution >= 4 is 43.3 Å². The first-order chi connectivity index (χ1) is 16.2. The molecule has 0 fully saturated rings. The van der Waals surface area contributed by atoms with Crippen molar-refractivity contribution in [2.24, 2.45) is 0 Å². The molecular formula is C20H12F2N6O4S2. The summed E-state index contributed by atoms with van der Waals surface area (Å²) in [6, 6.07) is 8.89. The van der Waals surface area contributed by atoms with Gasteiger partial charge in [0.05, 0.1) is 17.3 Å². The molecule has 3 heterocycles. The molecule has 0 unspecified atom stereocenters. The third-order valence-electron chi connectivity index (χ3n) is 4.90. The summed E-state index contributed by atoms with van der Waals surface area (Å²) >= 11 is 0.727. The molecule has 0 aliphatic heterocycles. The molecule has 0 radical (unpaired) electrons. The van der Waals surface area contributed by atoms with Gasteiger partial charge in [-0.3, -0.25) is 14.1 Å². The molecule has 5 rings (SSSR count). The Hall–Kier alpha value is -4.17. The SMILES string of the molecule is Nc1noc2ccc(-c3cccn(-c4cc(F)c(S(=O)(=O)Nc5cnns5)cc4F)c3=O)cc12. The molecular weight excluding hydrogens is 490 g/mol. The number of nitrogens with two attached hydrogens (primary N) is 1. The van der Waals surface area contributed by atoms with Crippen LogP contribution in [-0.2, 0) is 10.0 Å². The normalized spacial score (nSPS) is 11.7. The van der Waals surface area contributed by atoms with Gasteiger partial charge in [-0.2, -0.15) is 0 Å². The minimum absolute atomic E-state index is 0.0261. The van der Waals surface area contributed by atoms with Gasteiger partial charge in [-0.05, 0) is 35.9 Å². The van der Waals surface area contributed by atoms with Gasteiger partial charge in [0.2, 0.25) is 0 Å². The Morgan fingerprint density at radius 2 is 1.94 bits per heavy atom. The van der Waals surface area contributed by atoms with Gasteiger partial charge in [0.15, 0.2) is 11.4 Å². The second-order valence-electron chi connectivity index (χ2n) is 7.00. The topological polar surface area (TPSA) is 146 Å². The Balaban J connectivity index is 1.59. The standard InChI is InChI=1S/C20H12F2N6O4S2/c21-13-8-17(34(30,31)26-18-9-24-27-33-18)14(22)7-15(13)28-5-1-2-11(20(28)29)10-3-4-16-12(6-10)19(23)25-32-16/h1-9,26H,(H2,23,25). The summed E-state index contributed by atoms with van der Waals surface area (Å²) in [5.74, 6) is -2.24. The molecule has 0 atom stereocenters. The monoisotopic (exact) mass is 502 g/mol. The summed E-state index contributed by atoms with van der Waals surface area (Å²) in [4.78, 5) is 12.2.